The number of hydrogen-bond acceptors (Lipinski definition) is 2. The Morgan fingerprint density at radius 2 is 2.27 bits per heavy atom. The molecule has 0 amide bonds. The van der Waals surface area contributed by atoms with Gasteiger partial charge in [0.1, 0.15) is 0 Å². The molecule has 0 bridgehead atoms. The number of alkyl halides is 1. The van der Waals surface area contributed by atoms with Crippen LogP contribution in [0.4, 0.5) is 0 Å². The molecular weight excluding hydrogens is 214 g/mol. The molecule has 2 aromatic rings. The van der Waals surface area contributed by atoms with Gasteiger partial charge in [-0.1, -0.05) is 12.1 Å². The third-order valence-electron chi connectivity index (χ3n) is 2.29. The van der Waals surface area contributed by atoms with Crippen LogP contribution in [0.2, 0.25) is 0 Å². The van der Waals surface area contributed by atoms with Gasteiger partial charge in [-0.2, -0.15) is 0 Å². The monoisotopic (exact) mass is 221 g/mol. The fraction of sp³-hybridized carbons (Fsp3) is 0.0909. The Labute approximate surface area is 91.0 Å². The number of carbonyl (C=O) groups is 2. The van der Waals surface area contributed by atoms with Gasteiger partial charge in [-0.05, 0) is 6.07 Å². The SMILES string of the molecule is O=Cc1cccc2[nH]cc(C(=O)CCl)c12. The van der Waals surface area contributed by atoms with Gasteiger partial charge < -0.3 is 4.98 Å². The lowest BCUT2D eigenvalue weighted by Crippen LogP contribution is -1.99. The van der Waals surface area contributed by atoms with Crippen molar-refractivity contribution >= 4 is 34.6 Å². The van der Waals surface area contributed by atoms with E-state index >= 15 is 0 Å². The fourth-order valence-corrected chi connectivity index (χ4v) is 1.75. The van der Waals surface area contributed by atoms with Crippen molar-refractivity contribution in [1.29, 1.82) is 0 Å². The standard InChI is InChI=1S/C11H8ClNO2/c12-4-10(15)8-5-13-9-3-1-2-7(6-14)11(8)9/h1-3,5-6,13H,4H2. The van der Waals surface area contributed by atoms with Gasteiger partial charge in [-0.3, -0.25) is 9.59 Å². The molecule has 0 unspecified atom stereocenters. The minimum atomic E-state index is -0.183. The zero-order chi connectivity index (χ0) is 10.8. The molecule has 0 aliphatic carbocycles. The number of halogens is 1. The maximum Gasteiger partial charge on any atom is 0.179 e. The van der Waals surface area contributed by atoms with E-state index in [0.717, 1.165) is 11.8 Å². The molecule has 1 aromatic carbocycles. The first kappa shape index (κ1) is 9.93. The molecule has 0 aliphatic rings. The summed E-state index contributed by atoms with van der Waals surface area (Å²) in [6.07, 6.45) is 2.32. The molecular formula is C11H8ClNO2. The minimum absolute atomic E-state index is 0.0832. The predicted octanol–water partition coefficient (Wildman–Crippen LogP) is 2.40. The quantitative estimate of drug-likeness (QED) is 0.492. The van der Waals surface area contributed by atoms with Gasteiger partial charge in [0.2, 0.25) is 0 Å². The molecule has 0 saturated heterocycles. The fourth-order valence-electron chi connectivity index (χ4n) is 1.60. The van der Waals surface area contributed by atoms with Crippen LogP contribution in [0.3, 0.4) is 0 Å². The van der Waals surface area contributed by atoms with E-state index in [1.54, 1.807) is 18.3 Å². The lowest BCUT2D eigenvalue weighted by atomic mass is 10.1. The summed E-state index contributed by atoms with van der Waals surface area (Å²) in [7, 11) is 0. The van der Waals surface area contributed by atoms with Crippen LogP contribution in [0, 0.1) is 0 Å². The van der Waals surface area contributed by atoms with E-state index in [1.165, 1.54) is 0 Å². The van der Waals surface area contributed by atoms with Gasteiger partial charge in [0, 0.05) is 28.2 Å². The average molecular weight is 222 g/mol. The van der Waals surface area contributed by atoms with E-state index in [0.29, 0.717) is 16.5 Å². The van der Waals surface area contributed by atoms with Crippen molar-refractivity contribution in [3.05, 3.63) is 35.5 Å². The molecule has 3 nitrogen and oxygen atoms in total. The number of fused-ring (bicyclic) bond motifs is 1. The van der Waals surface area contributed by atoms with E-state index in [2.05, 4.69) is 4.98 Å². The summed E-state index contributed by atoms with van der Waals surface area (Å²) in [5, 5.41) is 0.651. The first-order chi connectivity index (χ1) is 7.27. The van der Waals surface area contributed by atoms with Gasteiger partial charge in [-0.25, -0.2) is 0 Å². The van der Waals surface area contributed by atoms with Crippen LogP contribution in [0.15, 0.2) is 24.4 Å². The van der Waals surface area contributed by atoms with Crippen LogP contribution < -0.4 is 0 Å². The molecule has 76 valence electrons. The number of rotatable bonds is 3. The van der Waals surface area contributed by atoms with Crippen LogP contribution >= 0.6 is 11.6 Å². The molecule has 0 saturated carbocycles. The molecule has 0 spiro atoms. The first-order valence-corrected chi connectivity index (χ1v) is 4.96. The summed E-state index contributed by atoms with van der Waals surface area (Å²) in [4.78, 5) is 25.3. The molecule has 1 heterocycles. The Hall–Kier alpha value is -1.61. The van der Waals surface area contributed by atoms with Crippen LogP contribution in [0.5, 0.6) is 0 Å². The zero-order valence-electron chi connectivity index (χ0n) is 7.79. The summed E-state index contributed by atoms with van der Waals surface area (Å²) >= 11 is 5.49. The Kier molecular flexibility index (Phi) is 2.56. The van der Waals surface area contributed by atoms with Gasteiger partial charge >= 0.3 is 0 Å². The summed E-state index contributed by atoms with van der Waals surface area (Å²) in [6.45, 7) is 0. The zero-order valence-corrected chi connectivity index (χ0v) is 8.54. The Morgan fingerprint density at radius 1 is 1.47 bits per heavy atom. The summed E-state index contributed by atoms with van der Waals surface area (Å²) in [5.41, 5.74) is 1.75. The second-order valence-corrected chi connectivity index (χ2v) is 3.41. The highest BCUT2D eigenvalue weighted by molar-refractivity contribution is 6.32. The number of aromatic nitrogens is 1. The Balaban J connectivity index is 2.76. The van der Waals surface area contributed by atoms with Crippen LogP contribution in [0.1, 0.15) is 20.7 Å². The lowest BCUT2D eigenvalue weighted by molar-refractivity contribution is 0.102. The number of ketones is 1. The van der Waals surface area contributed by atoms with Gasteiger partial charge in [-0.15, -0.1) is 11.6 Å². The smallest absolute Gasteiger partial charge is 0.179 e. The lowest BCUT2D eigenvalue weighted by Gasteiger charge is -1.97. The molecule has 0 aliphatic heterocycles. The van der Waals surface area contributed by atoms with Gasteiger partial charge in [0.05, 0.1) is 5.88 Å². The van der Waals surface area contributed by atoms with Crippen molar-refractivity contribution in [3.63, 3.8) is 0 Å². The molecule has 0 atom stereocenters. The summed E-state index contributed by atoms with van der Waals surface area (Å²) in [6, 6.07) is 5.25. The maximum atomic E-state index is 11.5. The Morgan fingerprint density at radius 3 is 2.93 bits per heavy atom. The molecule has 1 aromatic heterocycles. The van der Waals surface area contributed by atoms with Crippen molar-refractivity contribution in [2.75, 3.05) is 5.88 Å². The normalized spacial score (nSPS) is 10.5. The van der Waals surface area contributed by atoms with Crippen LogP contribution in [-0.4, -0.2) is 22.9 Å². The van der Waals surface area contributed by atoms with Crippen LogP contribution in [-0.2, 0) is 0 Å². The van der Waals surface area contributed by atoms with Gasteiger partial charge in [0.25, 0.3) is 0 Å². The van der Waals surface area contributed by atoms with Gasteiger partial charge in [0.15, 0.2) is 12.1 Å². The first-order valence-electron chi connectivity index (χ1n) is 4.42. The summed E-state index contributed by atoms with van der Waals surface area (Å²) in [5.74, 6) is -0.266. The second-order valence-electron chi connectivity index (χ2n) is 3.15. The van der Waals surface area contributed by atoms with E-state index in [1.807, 2.05) is 6.07 Å². The van der Waals surface area contributed by atoms with E-state index in [-0.39, 0.29) is 11.7 Å². The molecule has 0 fully saturated rings. The topological polar surface area (TPSA) is 49.9 Å². The Bertz CT molecular complexity index is 530. The largest absolute Gasteiger partial charge is 0.360 e. The van der Waals surface area contributed by atoms with E-state index < -0.39 is 0 Å². The molecule has 15 heavy (non-hydrogen) atoms. The highest BCUT2D eigenvalue weighted by Gasteiger charge is 2.13. The predicted molar refractivity (Wildman–Crippen MR) is 58.7 cm³/mol. The summed E-state index contributed by atoms with van der Waals surface area (Å²) < 4.78 is 0. The van der Waals surface area contributed by atoms with Crippen molar-refractivity contribution in [3.8, 4) is 0 Å². The number of benzene rings is 1. The third kappa shape index (κ3) is 1.55. The minimum Gasteiger partial charge on any atom is -0.360 e. The third-order valence-corrected chi connectivity index (χ3v) is 2.53. The van der Waals surface area contributed by atoms with Crippen molar-refractivity contribution in [2.24, 2.45) is 0 Å². The number of aromatic amines is 1. The van der Waals surface area contributed by atoms with E-state index in [4.69, 9.17) is 11.6 Å². The number of nitrogens with one attached hydrogen (secondary N) is 1. The van der Waals surface area contributed by atoms with Crippen molar-refractivity contribution in [2.45, 2.75) is 0 Å². The second kappa shape index (κ2) is 3.87. The van der Waals surface area contributed by atoms with E-state index in [9.17, 15) is 9.59 Å². The molecule has 0 radical (unpaired) electrons. The number of carbonyl (C=O) groups excluding carboxylic acids is 2. The maximum absolute atomic E-state index is 11.5. The molecule has 2 rings (SSSR count). The number of aldehydes is 1. The number of H-pyrrole nitrogens is 1. The van der Waals surface area contributed by atoms with Crippen molar-refractivity contribution in [1.82, 2.24) is 4.98 Å². The van der Waals surface area contributed by atoms with Crippen molar-refractivity contribution < 1.29 is 9.59 Å². The molecule has 1 N–H and O–H groups in total. The average Bonchev–Trinajstić information content (AvgIpc) is 2.71. The highest BCUT2D eigenvalue weighted by Crippen LogP contribution is 2.22. The number of hydrogen-bond donors (Lipinski definition) is 1. The molecule has 4 heteroatoms. The highest BCUT2D eigenvalue weighted by atomic mass is 35.5. The number of Topliss-reactive ketones (excluding diaryl/α,β-unsaturated/α-hetero) is 1. The van der Waals surface area contributed by atoms with Crippen LogP contribution in [0.25, 0.3) is 10.9 Å².